The van der Waals surface area contributed by atoms with Crippen LogP contribution < -0.4 is 4.74 Å². The van der Waals surface area contributed by atoms with E-state index in [1.54, 1.807) is 7.11 Å². The first kappa shape index (κ1) is 10.1. The summed E-state index contributed by atoms with van der Waals surface area (Å²) in [4.78, 5) is 3.15. The molecule has 0 aliphatic carbocycles. The fourth-order valence-electron chi connectivity index (χ4n) is 1.91. The molecule has 1 aromatic carbocycles. The Bertz CT molecular complexity index is 462. The molecule has 0 fully saturated rings. The van der Waals surface area contributed by atoms with Crippen LogP contribution in [0.25, 0.3) is 10.9 Å². The van der Waals surface area contributed by atoms with E-state index >= 15 is 0 Å². The number of hydrogen-bond acceptors (Lipinski definition) is 2. The van der Waals surface area contributed by atoms with E-state index in [9.17, 15) is 5.11 Å². The number of aliphatic hydroxyl groups is 1. The topological polar surface area (TPSA) is 45.2 Å². The maximum absolute atomic E-state index is 9.24. The molecule has 0 bridgehead atoms. The number of aromatic amines is 1. The lowest BCUT2D eigenvalue weighted by molar-refractivity contribution is 0.270. The van der Waals surface area contributed by atoms with Gasteiger partial charge in [0.15, 0.2) is 0 Å². The van der Waals surface area contributed by atoms with Gasteiger partial charge in [-0.25, -0.2) is 0 Å². The maximum Gasteiger partial charge on any atom is 0.123 e. The van der Waals surface area contributed by atoms with Gasteiger partial charge in [0, 0.05) is 35.2 Å². The van der Waals surface area contributed by atoms with Crippen LogP contribution in [-0.2, 0) is 0 Å². The number of ether oxygens (including phenoxy) is 1. The van der Waals surface area contributed by atoms with E-state index in [1.807, 2.05) is 31.3 Å². The van der Waals surface area contributed by atoms with Crippen molar-refractivity contribution in [1.82, 2.24) is 4.98 Å². The van der Waals surface area contributed by atoms with E-state index in [1.165, 1.54) is 0 Å². The highest BCUT2D eigenvalue weighted by molar-refractivity contribution is 5.85. The van der Waals surface area contributed by atoms with Gasteiger partial charge in [-0.15, -0.1) is 0 Å². The summed E-state index contributed by atoms with van der Waals surface area (Å²) in [7, 11) is 1.65. The predicted molar refractivity (Wildman–Crippen MR) is 60.4 cm³/mol. The molecule has 15 heavy (non-hydrogen) atoms. The number of aliphatic hydroxyl groups excluding tert-OH is 1. The zero-order valence-electron chi connectivity index (χ0n) is 8.95. The van der Waals surface area contributed by atoms with Crippen LogP contribution in [0.15, 0.2) is 24.4 Å². The van der Waals surface area contributed by atoms with Gasteiger partial charge in [-0.1, -0.05) is 6.92 Å². The third-order valence-electron chi connectivity index (χ3n) is 2.72. The molecule has 1 aromatic heterocycles. The Balaban J connectivity index is 2.68. The summed E-state index contributed by atoms with van der Waals surface area (Å²) in [6.07, 6.45) is 1.90. The van der Waals surface area contributed by atoms with Crippen LogP contribution >= 0.6 is 0 Å². The number of H-pyrrole nitrogens is 1. The molecule has 0 aliphatic rings. The van der Waals surface area contributed by atoms with E-state index in [-0.39, 0.29) is 12.5 Å². The van der Waals surface area contributed by atoms with Crippen molar-refractivity contribution in [1.29, 1.82) is 0 Å². The minimum atomic E-state index is 0.0828. The zero-order valence-corrected chi connectivity index (χ0v) is 8.95. The molecule has 0 amide bonds. The monoisotopic (exact) mass is 205 g/mol. The Morgan fingerprint density at radius 1 is 1.40 bits per heavy atom. The molecule has 1 unspecified atom stereocenters. The highest BCUT2D eigenvalue weighted by Crippen LogP contribution is 2.33. The van der Waals surface area contributed by atoms with Crippen LogP contribution in [0.3, 0.4) is 0 Å². The fourth-order valence-corrected chi connectivity index (χ4v) is 1.91. The Kier molecular flexibility index (Phi) is 2.64. The lowest BCUT2D eigenvalue weighted by atomic mass is 9.97. The second-order valence-electron chi connectivity index (χ2n) is 3.70. The Labute approximate surface area is 88.7 Å². The zero-order chi connectivity index (χ0) is 10.8. The van der Waals surface area contributed by atoms with E-state index in [2.05, 4.69) is 4.98 Å². The molecule has 3 nitrogen and oxygen atoms in total. The maximum atomic E-state index is 9.24. The normalized spacial score (nSPS) is 13.0. The average Bonchev–Trinajstić information content (AvgIpc) is 2.74. The summed E-state index contributed by atoms with van der Waals surface area (Å²) in [5, 5.41) is 10.4. The fraction of sp³-hybridized carbons (Fsp3) is 0.333. The SMILES string of the molecule is COc1ccc2[nH]ccc2c1C(C)CO. The molecule has 0 aliphatic heterocycles. The number of aromatic nitrogens is 1. The van der Waals surface area contributed by atoms with Crippen molar-refractivity contribution in [2.45, 2.75) is 12.8 Å². The van der Waals surface area contributed by atoms with Crippen molar-refractivity contribution < 1.29 is 9.84 Å². The van der Waals surface area contributed by atoms with Crippen molar-refractivity contribution >= 4 is 10.9 Å². The molecule has 0 spiro atoms. The molecule has 80 valence electrons. The van der Waals surface area contributed by atoms with Gasteiger partial charge >= 0.3 is 0 Å². The lowest BCUT2D eigenvalue weighted by Crippen LogP contribution is -2.02. The van der Waals surface area contributed by atoms with Gasteiger partial charge in [-0.2, -0.15) is 0 Å². The number of hydrogen-bond donors (Lipinski definition) is 2. The Morgan fingerprint density at radius 3 is 2.87 bits per heavy atom. The Morgan fingerprint density at radius 2 is 2.20 bits per heavy atom. The standard InChI is InChI=1S/C12H15NO2/c1-8(7-14)12-9-5-6-13-10(9)3-4-11(12)15-2/h3-6,8,13-14H,7H2,1-2H3. The van der Waals surface area contributed by atoms with Crippen molar-refractivity contribution in [2.24, 2.45) is 0 Å². The van der Waals surface area contributed by atoms with Crippen molar-refractivity contribution in [3.8, 4) is 5.75 Å². The van der Waals surface area contributed by atoms with E-state index in [0.29, 0.717) is 0 Å². The molecule has 0 saturated carbocycles. The quantitative estimate of drug-likeness (QED) is 0.807. The summed E-state index contributed by atoms with van der Waals surface area (Å²) >= 11 is 0. The molecule has 0 saturated heterocycles. The number of fused-ring (bicyclic) bond motifs is 1. The molecule has 1 heterocycles. The molecule has 3 heteroatoms. The average molecular weight is 205 g/mol. The van der Waals surface area contributed by atoms with Crippen molar-refractivity contribution in [3.63, 3.8) is 0 Å². The van der Waals surface area contributed by atoms with Crippen LogP contribution in [-0.4, -0.2) is 23.8 Å². The third kappa shape index (κ3) is 1.59. The molecule has 2 rings (SSSR count). The molecular weight excluding hydrogens is 190 g/mol. The molecular formula is C12H15NO2. The molecule has 2 aromatic rings. The second kappa shape index (κ2) is 3.95. The summed E-state index contributed by atoms with van der Waals surface area (Å²) in [6.45, 7) is 2.12. The first-order valence-corrected chi connectivity index (χ1v) is 5.02. The van der Waals surface area contributed by atoms with Gasteiger partial charge in [0.05, 0.1) is 7.11 Å². The highest BCUT2D eigenvalue weighted by atomic mass is 16.5. The van der Waals surface area contributed by atoms with Gasteiger partial charge in [0.2, 0.25) is 0 Å². The lowest BCUT2D eigenvalue weighted by Gasteiger charge is -2.14. The first-order valence-electron chi connectivity index (χ1n) is 5.02. The smallest absolute Gasteiger partial charge is 0.123 e. The van der Waals surface area contributed by atoms with Crippen molar-refractivity contribution in [3.05, 3.63) is 30.0 Å². The van der Waals surface area contributed by atoms with E-state index < -0.39 is 0 Å². The summed E-state index contributed by atoms with van der Waals surface area (Å²) < 4.78 is 5.32. The van der Waals surface area contributed by atoms with E-state index in [0.717, 1.165) is 22.2 Å². The van der Waals surface area contributed by atoms with E-state index in [4.69, 9.17) is 4.74 Å². The molecule has 2 N–H and O–H groups in total. The third-order valence-corrected chi connectivity index (χ3v) is 2.72. The second-order valence-corrected chi connectivity index (χ2v) is 3.70. The summed E-state index contributed by atoms with van der Waals surface area (Å²) in [5.74, 6) is 0.920. The summed E-state index contributed by atoms with van der Waals surface area (Å²) in [6, 6.07) is 5.93. The largest absolute Gasteiger partial charge is 0.496 e. The van der Waals surface area contributed by atoms with Crippen LogP contribution in [0, 0.1) is 0 Å². The molecule has 0 radical (unpaired) electrons. The predicted octanol–water partition coefficient (Wildman–Crippen LogP) is 2.27. The Hall–Kier alpha value is -1.48. The van der Waals surface area contributed by atoms with Crippen LogP contribution in [0.5, 0.6) is 5.75 Å². The number of methoxy groups -OCH3 is 1. The van der Waals surface area contributed by atoms with Crippen LogP contribution in [0.2, 0.25) is 0 Å². The van der Waals surface area contributed by atoms with Gasteiger partial charge in [0.25, 0.3) is 0 Å². The van der Waals surface area contributed by atoms with Crippen LogP contribution in [0.4, 0.5) is 0 Å². The minimum absolute atomic E-state index is 0.0828. The summed E-state index contributed by atoms with van der Waals surface area (Å²) in [5.41, 5.74) is 2.14. The van der Waals surface area contributed by atoms with Gasteiger partial charge in [-0.05, 0) is 18.2 Å². The molecule has 1 atom stereocenters. The number of nitrogens with one attached hydrogen (secondary N) is 1. The van der Waals surface area contributed by atoms with Gasteiger partial charge in [0.1, 0.15) is 5.75 Å². The highest BCUT2D eigenvalue weighted by Gasteiger charge is 2.14. The number of rotatable bonds is 3. The van der Waals surface area contributed by atoms with Crippen molar-refractivity contribution in [2.75, 3.05) is 13.7 Å². The van der Waals surface area contributed by atoms with Gasteiger partial charge in [-0.3, -0.25) is 0 Å². The number of benzene rings is 1. The van der Waals surface area contributed by atoms with Crippen LogP contribution in [0.1, 0.15) is 18.4 Å². The van der Waals surface area contributed by atoms with Gasteiger partial charge < -0.3 is 14.8 Å². The minimum Gasteiger partial charge on any atom is -0.496 e. The first-order chi connectivity index (χ1) is 7.27.